The number of nitrogens with zero attached hydrogens (tertiary/aromatic N) is 2. The Morgan fingerprint density at radius 2 is 2.04 bits per heavy atom. The van der Waals surface area contributed by atoms with E-state index in [4.69, 9.17) is 26.3 Å². The van der Waals surface area contributed by atoms with Crippen molar-refractivity contribution in [3.8, 4) is 17.6 Å². The Bertz CT molecular complexity index is 910. The number of amides is 1. The van der Waals surface area contributed by atoms with Crippen LogP contribution < -0.4 is 14.9 Å². The summed E-state index contributed by atoms with van der Waals surface area (Å²) in [6.07, 6.45) is 1.35. The Labute approximate surface area is 161 Å². The molecule has 27 heavy (non-hydrogen) atoms. The fourth-order valence-electron chi connectivity index (χ4n) is 2.20. The molecule has 0 saturated heterocycles. The van der Waals surface area contributed by atoms with Crippen molar-refractivity contribution in [3.05, 3.63) is 57.9 Å². The fourth-order valence-corrected chi connectivity index (χ4v) is 2.48. The van der Waals surface area contributed by atoms with Crippen LogP contribution in [0.1, 0.15) is 35.3 Å². The molecular weight excluding hydrogens is 373 g/mol. The highest BCUT2D eigenvalue weighted by atomic mass is 35.5. The van der Waals surface area contributed by atoms with E-state index in [9.17, 15) is 9.18 Å². The summed E-state index contributed by atoms with van der Waals surface area (Å²) in [6, 6.07) is 8.62. The summed E-state index contributed by atoms with van der Waals surface area (Å²) in [6.45, 7) is 4.52. The highest BCUT2D eigenvalue weighted by Crippen LogP contribution is 2.36. The standard InChI is InChI=1S/C19H17ClFN3O3/c1-3-26-17-9-13(7-15(20)18(17)27-4-2)11-23-24-19(25)14-6-5-12(10-22)8-16(14)21/h5-9,11H,3-4H2,1-2H3,(H,24,25)/b23-11-. The Hall–Kier alpha value is -3.11. The van der Waals surface area contributed by atoms with Gasteiger partial charge < -0.3 is 9.47 Å². The summed E-state index contributed by atoms with van der Waals surface area (Å²) in [4.78, 5) is 12.0. The van der Waals surface area contributed by atoms with Gasteiger partial charge in [0, 0.05) is 0 Å². The first kappa shape index (κ1) is 20.2. The molecule has 0 atom stereocenters. The van der Waals surface area contributed by atoms with E-state index < -0.39 is 11.7 Å². The van der Waals surface area contributed by atoms with Gasteiger partial charge in [-0.3, -0.25) is 4.79 Å². The van der Waals surface area contributed by atoms with Crippen LogP contribution in [0.2, 0.25) is 5.02 Å². The van der Waals surface area contributed by atoms with Gasteiger partial charge in [-0.05, 0) is 49.7 Å². The van der Waals surface area contributed by atoms with E-state index in [1.807, 2.05) is 13.8 Å². The molecule has 0 aromatic heterocycles. The lowest BCUT2D eigenvalue weighted by Crippen LogP contribution is -2.19. The van der Waals surface area contributed by atoms with Crippen LogP contribution >= 0.6 is 11.6 Å². The number of ether oxygens (including phenoxy) is 2. The van der Waals surface area contributed by atoms with Gasteiger partial charge in [-0.1, -0.05) is 11.6 Å². The maximum atomic E-state index is 13.8. The summed E-state index contributed by atoms with van der Waals surface area (Å²) in [5, 5.41) is 12.9. The molecule has 6 nitrogen and oxygen atoms in total. The molecule has 0 fully saturated rings. The van der Waals surface area contributed by atoms with Gasteiger partial charge in [-0.25, -0.2) is 9.82 Å². The first-order valence-corrected chi connectivity index (χ1v) is 8.50. The number of hydrogen-bond acceptors (Lipinski definition) is 5. The zero-order valence-corrected chi connectivity index (χ0v) is 15.5. The minimum Gasteiger partial charge on any atom is -0.490 e. The summed E-state index contributed by atoms with van der Waals surface area (Å²) >= 11 is 6.21. The third-order valence-electron chi connectivity index (χ3n) is 3.34. The number of hydrogen-bond donors (Lipinski definition) is 1. The van der Waals surface area contributed by atoms with E-state index in [0.717, 1.165) is 6.07 Å². The third kappa shape index (κ3) is 5.19. The van der Waals surface area contributed by atoms with Gasteiger partial charge >= 0.3 is 0 Å². The first-order chi connectivity index (χ1) is 13.0. The van der Waals surface area contributed by atoms with Gasteiger partial charge in [-0.2, -0.15) is 10.4 Å². The van der Waals surface area contributed by atoms with Crippen LogP contribution in [0.15, 0.2) is 35.4 Å². The van der Waals surface area contributed by atoms with E-state index in [1.165, 1.54) is 18.3 Å². The number of nitrogens with one attached hydrogen (secondary N) is 1. The van der Waals surface area contributed by atoms with Crippen molar-refractivity contribution in [1.29, 1.82) is 5.26 Å². The van der Waals surface area contributed by atoms with Crippen LogP contribution in [0.25, 0.3) is 0 Å². The summed E-state index contributed by atoms with van der Waals surface area (Å²) in [5.41, 5.74) is 2.70. The number of carbonyl (C=O) groups is 1. The molecule has 0 spiro atoms. The summed E-state index contributed by atoms with van der Waals surface area (Å²) < 4.78 is 24.8. The molecule has 1 N–H and O–H groups in total. The molecule has 0 aliphatic carbocycles. The molecule has 2 rings (SSSR count). The van der Waals surface area contributed by atoms with Gasteiger partial charge in [-0.15, -0.1) is 0 Å². The fraction of sp³-hybridized carbons (Fsp3) is 0.211. The topological polar surface area (TPSA) is 83.7 Å². The quantitative estimate of drug-likeness (QED) is 0.574. The molecule has 0 saturated carbocycles. The van der Waals surface area contributed by atoms with Crippen LogP contribution in [-0.2, 0) is 0 Å². The predicted octanol–water partition coefficient (Wildman–Crippen LogP) is 3.91. The number of carbonyl (C=O) groups excluding carboxylic acids is 1. The smallest absolute Gasteiger partial charge is 0.274 e. The molecule has 2 aromatic carbocycles. The molecule has 0 radical (unpaired) electrons. The van der Waals surface area contributed by atoms with Crippen molar-refractivity contribution in [2.45, 2.75) is 13.8 Å². The van der Waals surface area contributed by atoms with Crippen LogP contribution in [-0.4, -0.2) is 25.3 Å². The molecule has 140 valence electrons. The van der Waals surface area contributed by atoms with E-state index in [-0.39, 0.29) is 11.1 Å². The van der Waals surface area contributed by atoms with Gasteiger partial charge in [0.05, 0.1) is 41.6 Å². The second kappa shape index (κ2) is 9.55. The number of nitriles is 1. The molecule has 8 heteroatoms. The van der Waals surface area contributed by atoms with Crippen molar-refractivity contribution in [2.24, 2.45) is 5.10 Å². The molecule has 0 heterocycles. The second-order valence-corrected chi connectivity index (χ2v) is 5.61. The molecule has 0 bridgehead atoms. The molecule has 1 amide bonds. The Balaban J connectivity index is 2.16. The maximum absolute atomic E-state index is 13.8. The van der Waals surface area contributed by atoms with Crippen molar-refractivity contribution in [2.75, 3.05) is 13.2 Å². The van der Waals surface area contributed by atoms with Crippen molar-refractivity contribution < 1.29 is 18.7 Å². The average molecular weight is 390 g/mol. The van der Waals surface area contributed by atoms with E-state index in [0.29, 0.717) is 35.3 Å². The van der Waals surface area contributed by atoms with E-state index in [1.54, 1.807) is 18.2 Å². The van der Waals surface area contributed by atoms with Crippen molar-refractivity contribution >= 4 is 23.7 Å². The highest BCUT2D eigenvalue weighted by molar-refractivity contribution is 6.32. The van der Waals surface area contributed by atoms with Crippen LogP contribution in [0.5, 0.6) is 11.5 Å². The van der Waals surface area contributed by atoms with Crippen LogP contribution in [0.3, 0.4) is 0 Å². The average Bonchev–Trinajstić information content (AvgIpc) is 2.64. The molecular formula is C19H17ClFN3O3. The molecule has 0 unspecified atom stereocenters. The summed E-state index contributed by atoms with van der Waals surface area (Å²) in [7, 11) is 0. The molecule has 0 aliphatic rings. The SMILES string of the molecule is CCOc1cc(/C=N\NC(=O)c2ccc(C#N)cc2F)cc(Cl)c1OCC. The Morgan fingerprint density at radius 1 is 1.30 bits per heavy atom. The van der Waals surface area contributed by atoms with Crippen molar-refractivity contribution in [1.82, 2.24) is 5.43 Å². The lowest BCUT2D eigenvalue weighted by Gasteiger charge is -2.13. The van der Waals surface area contributed by atoms with Crippen LogP contribution in [0.4, 0.5) is 4.39 Å². The van der Waals surface area contributed by atoms with Gasteiger partial charge in [0.2, 0.25) is 0 Å². The number of halogens is 2. The van der Waals surface area contributed by atoms with E-state index >= 15 is 0 Å². The third-order valence-corrected chi connectivity index (χ3v) is 3.62. The van der Waals surface area contributed by atoms with Gasteiger partial charge in [0.15, 0.2) is 11.5 Å². The highest BCUT2D eigenvalue weighted by Gasteiger charge is 2.13. The molecule has 0 aliphatic heterocycles. The van der Waals surface area contributed by atoms with Crippen LogP contribution in [0, 0.1) is 17.1 Å². The predicted molar refractivity (Wildman–Crippen MR) is 100.0 cm³/mol. The lowest BCUT2D eigenvalue weighted by molar-refractivity contribution is 0.0951. The Morgan fingerprint density at radius 3 is 2.67 bits per heavy atom. The molecule has 2 aromatic rings. The minimum atomic E-state index is -0.801. The normalized spacial score (nSPS) is 10.5. The largest absolute Gasteiger partial charge is 0.490 e. The Kier molecular flexibility index (Phi) is 7.15. The monoisotopic (exact) mass is 389 g/mol. The summed E-state index contributed by atoms with van der Waals surface area (Å²) in [5.74, 6) is -0.653. The number of rotatable bonds is 7. The van der Waals surface area contributed by atoms with Crippen molar-refractivity contribution in [3.63, 3.8) is 0 Å². The second-order valence-electron chi connectivity index (χ2n) is 5.20. The first-order valence-electron chi connectivity index (χ1n) is 8.12. The van der Waals surface area contributed by atoms with Gasteiger partial charge in [0.1, 0.15) is 5.82 Å². The number of hydrazone groups is 1. The zero-order valence-electron chi connectivity index (χ0n) is 14.8. The number of benzene rings is 2. The minimum absolute atomic E-state index is 0.125. The van der Waals surface area contributed by atoms with Gasteiger partial charge in [0.25, 0.3) is 5.91 Å². The lowest BCUT2D eigenvalue weighted by atomic mass is 10.1. The van der Waals surface area contributed by atoms with E-state index in [2.05, 4.69) is 10.5 Å². The maximum Gasteiger partial charge on any atom is 0.274 e. The zero-order chi connectivity index (χ0) is 19.8.